The van der Waals surface area contributed by atoms with Crippen LogP contribution in [0.5, 0.6) is 11.5 Å². The Morgan fingerprint density at radius 1 is 1.16 bits per heavy atom. The molecule has 2 aromatic rings. The van der Waals surface area contributed by atoms with Crippen molar-refractivity contribution < 1.29 is 14.3 Å². The van der Waals surface area contributed by atoms with Gasteiger partial charge in [-0.15, -0.1) is 0 Å². The molecule has 1 heterocycles. The van der Waals surface area contributed by atoms with Crippen molar-refractivity contribution >= 4 is 44.7 Å². The third-order valence-electron chi connectivity index (χ3n) is 5.77. The fourth-order valence-corrected chi connectivity index (χ4v) is 4.50. The first-order valence-electron chi connectivity index (χ1n) is 11.0. The molecule has 3 rings (SSSR count). The van der Waals surface area contributed by atoms with Gasteiger partial charge in [0.15, 0.2) is 18.1 Å². The van der Waals surface area contributed by atoms with Gasteiger partial charge in [-0.25, -0.2) is 0 Å². The first-order valence-corrected chi connectivity index (χ1v) is 12.2. The Kier molecular flexibility index (Phi) is 8.54. The number of ether oxygens (including phenoxy) is 2. The molecule has 0 bridgehead atoms. The number of hydrogen-bond donors (Lipinski definition) is 1. The van der Waals surface area contributed by atoms with Crippen molar-refractivity contribution in [3.05, 3.63) is 51.5 Å². The Hall–Kier alpha value is -2.12. The van der Waals surface area contributed by atoms with Crippen LogP contribution in [0, 0.1) is 19.8 Å². The van der Waals surface area contributed by atoms with Crippen LogP contribution in [0.25, 0.3) is 0 Å². The number of nitrogens with one attached hydrogen (secondary N) is 1. The molecular weight excluding hydrogens is 488 g/mol. The van der Waals surface area contributed by atoms with Gasteiger partial charge < -0.3 is 19.7 Å². The summed E-state index contributed by atoms with van der Waals surface area (Å²) in [6.45, 7) is 10.6. The number of aryl methyl sites for hydroxylation is 2. The Balaban J connectivity index is 1.70. The van der Waals surface area contributed by atoms with Crippen LogP contribution in [0.2, 0.25) is 0 Å². The third-order valence-corrected chi connectivity index (χ3v) is 6.85. The number of amides is 1. The third kappa shape index (κ3) is 6.23. The number of nitrogens with zero attached hydrogens (tertiary/aromatic N) is 1. The fourth-order valence-electron chi connectivity index (χ4n) is 3.64. The van der Waals surface area contributed by atoms with Crippen molar-refractivity contribution in [3.63, 3.8) is 0 Å². The van der Waals surface area contributed by atoms with E-state index in [4.69, 9.17) is 21.7 Å². The van der Waals surface area contributed by atoms with E-state index in [-0.39, 0.29) is 12.5 Å². The van der Waals surface area contributed by atoms with Crippen molar-refractivity contribution in [1.82, 2.24) is 4.90 Å². The summed E-state index contributed by atoms with van der Waals surface area (Å²) in [4.78, 5) is 15.5. The van der Waals surface area contributed by atoms with Crippen LogP contribution in [0.15, 0.2) is 34.8 Å². The average molecular weight is 520 g/mol. The zero-order valence-electron chi connectivity index (χ0n) is 19.2. The molecule has 0 aromatic heterocycles. The molecule has 0 atom stereocenters. The summed E-state index contributed by atoms with van der Waals surface area (Å²) < 4.78 is 12.4. The monoisotopic (exact) mass is 518 g/mol. The summed E-state index contributed by atoms with van der Waals surface area (Å²) in [7, 11) is 0. The maximum absolute atomic E-state index is 12.5. The number of thiocarbonyl (C=S) groups is 1. The number of halogens is 1. The number of carbonyl (C=O) groups excluding carboxylic acids is 1. The Bertz CT molecular complexity index is 987. The van der Waals surface area contributed by atoms with Crippen LogP contribution in [0.4, 0.5) is 5.69 Å². The Morgan fingerprint density at radius 3 is 2.53 bits per heavy atom. The number of hydrogen-bond acceptors (Lipinski definition) is 4. The highest BCUT2D eigenvalue weighted by atomic mass is 79.9. The molecule has 0 aliphatic carbocycles. The van der Waals surface area contributed by atoms with Crippen LogP contribution in [0.3, 0.4) is 0 Å². The van der Waals surface area contributed by atoms with E-state index in [9.17, 15) is 4.79 Å². The highest BCUT2D eigenvalue weighted by Crippen LogP contribution is 2.37. The number of piperidine rings is 1. The van der Waals surface area contributed by atoms with Gasteiger partial charge >= 0.3 is 0 Å². The first kappa shape index (κ1) is 24.5. The van der Waals surface area contributed by atoms with E-state index in [1.807, 2.05) is 51.1 Å². The van der Waals surface area contributed by atoms with Crippen LogP contribution >= 0.6 is 28.1 Å². The van der Waals surface area contributed by atoms with Gasteiger partial charge in [0.25, 0.3) is 5.91 Å². The number of carbonyl (C=O) groups is 1. The number of anilines is 1. The number of benzene rings is 2. The van der Waals surface area contributed by atoms with Crippen LogP contribution in [-0.2, 0) is 4.79 Å². The molecule has 1 aliphatic rings. The minimum atomic E-state index is -0.232. The maximum Gasteiger partial charge on any atom is 0.262 e. The Morgan fingerprint density at radius 2 is 1.88 bits per heavy atom. The van der Waals surface area contributed by atoms with E-state index >= 15 is 0 Å². The largest absolute Gasteiger partial charge is 0.490 e. The predicted octanol–water partition coefficient (Wildman–Crippen LogP) is 5.89. The van der Waals surface area contributed by atoms with Crippen LogP contribution in [0.1, 0.15) is 43.4 Å². The van der Waals surface area contributed by atoms with Gasteiger partial charge in [-0.05, 0) is 90.9 Å². The van der Waals surface area contributed by atoms with Crippen LogP contribution in [-0.4, -0.2) is 42.1 Å². The van der Waals surface area contributed by atoms with Gasteiger partial charge in [-0.1, -0.05) is 25.2 Å². The van der Waals surface area contributed by atoms with Crippen molar-refractivity contribution in [2.24, 2.45) is 5.92 Å². The molecule has 0 unspecified atom stereocenters. The predicted molar refractivity (Wildman–Crippen MR) is 137 cm³/mol. The van der Waals surface area contributed by atoms with E-state index in [0.29, 0.717) is 22.6 Å². The summed E-state index contributed by atoms with van der Waals surface area (Å²) in [6.07, 6.45) is 2.30. The van der Waals surface area contributed by atoms with Crippen LogP contribution < -0.4 is 14.8 Å². The highest BCUT2D eigenvalue weighted by molar-refractivity contribution is 9.10. The van der Waals surface area contributed by atoms with Crippen molar-refractivity contribution in [1.29, 1.82) is 0 Å². The maximum atomic E-state index is 12.5. The summed E-state index contributed by atoms with van der Waals surface area (Å²) in [5.74, 6) is 1.58. The average Bonchev–Trinajstić information content (AvgIpc) is 2.76. The zero-order valence-corrected chi connectivity index (χ0v) is 21.6. The van der Waals surface area contributed by atoms with E-state index < -0.39 is 0 Å². The summed E-state index contributed by atoms with van der Waals surface area (Å²) in [6, 6.07) is 9.68. The summed E-state index contributed by atoms with van der Waals surface area (Å²) >= 11 is 9.36. The first-order chi connectivity index (χ1) is 15.3. The molecular formula is C25H31BrN2O3S. The molecule has 1 fully saturated rings. The van der Waals surface area contributed by atoms with E-state index in [1.165, 1.54) is 5.56 Å². The normalized spacial score (nSPS) is 14.2. The topological polar surface area (TPSA) is 50.8 Å². The molecule has 0 saturated carbocycles. The standard InChI is InChI=1S/C25H31BrN2O3S/c1-5-30-22-14-19(25(32)28-10-8-16(2)9-11-28)13-21(26)24(22)31-15-23(29)27-20-7-6-17(3)18(4)12-20/h6-7,12-14,16H,5,8-11,15H2,1-4H3,(H,27,29). The molecule has 32 heavy (non-hydrogen) atoms. The second-order valence-corrected chi connectivity index (χ2v) is 9.57. The second-order valence-electron chi connectivity index (χ2n) is 8.33. The molecule has 1 aliphatic heterocycles. The van der Waals surface area contributed by atoms with Gasteiger partial charge in [0, 0.05) is 24.3 Å². The molecule has 7 heteroatoms. The molecule has 5 nitrogen and oxygen atoms in total. The molecule has 1 saturated heterocycles. The molecule has 1 amide bonds. The lowest BCUT2D eigenvalue weighted by Crippen LogP contribution is -2.37. The molecule has 172 valence electrons. The van der Waals surface area contributed by atoms with Gasteiger partial charge in [-0.3, -0.25) is 4.79 Å². The van der Waals surface area contributed by atoms with Gasteiger partial charge in [0.05, 0.1) is 11.1 Å². The number of rotatable bonds is 7. The van der Waals surface area contributed by atoms with E-state index in [2.05, 4.69) is 33.1 Å². The Labute approximate surface area is 204 Å². The lowest BCUT2D eigenvalue weighted by atomic mass is 9.99. The van der Waals surface area contributed by atoms with Gasteiger partial charge in [0.1, 0.15) is 4.99 Å². The van der Waals surface area contributed by atoms with Crippen molar-refractivity contribution in [2.75, 3.05) is 31.6 Å². The number of likely N-dealkylation sites (tertiary alicyclic amines) is 1. The zero-order chi connectivity index (χ0) is 23.3. The van der Waals surface area contributed by atoms with Gasteiger partial charge in [-0.2, -0.15) is 0 Å². The summed E-state index contributed by atoms with van der Waals surface area (Å²) in [5, 5.41) is 2.88. The molecule has 1 N–H and O–H groups in total. The lowest BCUT2D eigenvalue weighted by molar-refractivity contribution is -0.118. The van der Waals surface area contributed by atoms with E-state index in [0.717, 1.165) is 53.7 Å². The summed E-state index contributed by atoms with van der Waals surface area (Å²) in [5.41, 5.74) is 3.97. The minimum Gasteiger partial charge on any atom is -0.490 e. The highest BCUT2D eigenvalue weighted by Gasteiger charge is 2.22. The second kappa shape index (κ2) is 11.1. The van der Waals surface area contributed by atoms with Crippen molar-refractivity contribution in [2.45, 2.75) is 40.5 Å². The quantitative estimate of drug-likeness (QED) is 0.463. The smallest absolute Gasteiger partial charge is 0.262 e. The van der Waals surface area contributed by atoms with Crippen molar-refractivity contribution in [3.8, 4) is 11.5 Å². The van der Waals surface area contributed by atoms with Gasteiger partial charge in [0.2, 0.25) is 0 Å². The molecule has 0 spiro atoms. The fraction of sp³-hybridized carbons (Fsp3) is 0.440. The molecule has 2 aromatic carbocycles. The lowest BCUT2D eigenvalue weighted by Gasteiger charge is -2.32. The molecule has 0 radical (unpaired) electrons. The van der Waals surface area contributed by atoms with E-state index in [1.54, 1.807) is 0 Å². The minimum absolute atomic E-state index is 0.126. The SMILES string of the molecule is CCOc1cc(C(=S)N2CCC(C)CC2)cc(Br)c1OCC(=O)Nc1ccc(C)c(C)c1.